The monoisotopic (exact) mass is 243 g/mol. The van der Waals surface area contributed by atoms with Crippen LogP contribution in [0.4, 0.5) is 0 Å². The Morgan fingerprint density at radius 1 is 1.18 bits per heavy atom. The van der Waals surface area contributed by atoms with E-state index in [1.54, 1.807) is 0 Å². The maximum absolute atomic E-state index is 11.2. The predicted octanol–water partition coefficient (Wildman–Crippen LogP) is 0.778. The zero-order valence-corrected chi connectivity index (χ0v) is 9.73. The topological polar surface area (TPSA) is 104 Å². The van der Waals surface area contributed by atoms with E-state index in [9.17, 15) is 14.4 Å². The number of rotatable bonds is 9. The molecule has 0 saturated carbocycles. The number of nitrogens with one attached hydrogen (secondary N) is 1. The number of unbranched alkanes of at least 4 members (excludes halogenated alkanes) is 2. The average Bonchev–Trinajstić information content (AvgIpc) is 2.21. The normalized spacial score (nSPS) is 11.0. The van der Waals surface area contributed by atoms with Crippen LogP contribution in [0.3, 0.4) is 0 Å². The summed E-state index contributed by atoms with van der Waals surface area (Å²) >= 11 is 0. The van der Waals surface area contributed by atoms with E-state index in [-0.39, 0.29) is 0 Å². The van der Waals surface area contributed by atoms with Crippen molar-refractivity contribution >= 4 is 17.7 Å². The Hall–Kier alpha value is -1.85. The van der Waals surface area contributed by atoms with Crippen LogP contribution in [0.5, 0.6) is 0 Å². The first-order valence-electron chi connectivity index (χ1n) is 5.40. The Bertz CT molecular complexity index is 322. The van der Waals surface area contributed by atoms with Gasteiger partial charge in [-0.1, -0.05) is 19.8 Å². The lowest BCUT2D eigenvalue weighted by Crippen LogP contribution is -2.19. The van der Waals surface area contributed by atoms with Crippen LogP contribution >= 0.6 is 0 Å². The molecule has 0 spiro atoms. The van der Waals surface area contributed by atoms with Gasteiger partial charge >= 0.3 is 11.9 Å². The zero-order chi connectivity index (χ0) is 13.3. The van der Waals surface area contributed by atoms with Gasteiger partial charge in [0.1, 0.15) is 12.0 Å². The van der Waals surface area contributed by atoms with E-state index < -0.39 is 29.7 Å². The molecule has 0 heterocycles. The summed E-state index contributed by atoms with van der Waals surface area (Å²) in [5.41, 5.74) is -0.524. The molecule has 3 N–H and O–H groups in total. The number of carbonyl (C=O) groups excluding carboxylic acids is 1. The first-order valence-corrected chi connectivity index (χ1v) is 5.40. The second-order valence-electron chi connectivity index (χ2n) is 3.52. The summed E-state index contributed by atoms with van der Waals surface area (Å²) in [7, 11) is 0. The lowest BCUT2D eigenvalue weighted by molar-refractivity contribution is -0.140. The Labute approximate surface area is 99.3 Å². The summed E-state index contributed by atoms with van der Waals surface area (Å²) in [4.78, 5) is 32.3. The van der Waals surface area contributed by atoms with Crippen molar-refractivity contribution in [2.45, 2.75) is 32.6 Å². The Balaban J connectivity index is 4.31. The van der Waals surface area contributed by atoms with Gasteiger partial charge in [0.2, 0.25) is 0 Å². The molecule has 0 rings (SSSR count). The highest BCUT2D eigenvalue weighted by molar-refractivity contribution is 6.20. The molecule has 0 amide bonds. The third-order valence-electron chi connectivity index (χ3n) is 2.01. The van der Waals surface area contributed by atoms with Gasteiger partial charge in [-0.05, 0) is 6.42 Å². The minimum atomic E-state index is -1.42. The molecular weight excluding hydrogens is 226 g/mol. The van der Waals surface area contributed by atoms with Crippen molar-refractivity contribution in [1.29, 1.82) is 0 Å². The summed E-state index contributed by atoms with van der Waals surface area (Å²) in [5, 5.41) is 19.8. The molecule has 6 nitrogen and oxygen atoms in total. The fourth-order valence-corrected chi connectivity index (χ4v) is 1.15. The van der Waals surface area contributed by atoms with Crippen LogP contribution in [0.15, 0.2) is 11.8 Å². The molecule has 0 bridgehead atoms. The van der Waals surface area contributed by atoms with Crippen molar-refractivity contribution in [3.05, 3.63) is 11.8 Å². The molecule has 0 unspecified atom stereocenters. The van der Waals surface area contributed by atoms with Gasteiger partial charge in [0.15, 0.2) is 5.78 Å². The molecular formula is C11H17NO5. The van der Waals surface area contributed by atoms with E-state index in [1.165, 1.54) is 0 Å². The summed E-state index contributed by atoms with van der Waals surface area (Å²) < 4.78 is 0. The maximum atomic E-state index is 11.2. The molecule has 0 atom stereocenters. The van der Waals surface area contributed by atoms with Crippen LogP contribution in [-0.4, -0.2) is 34.5 Å². The van der Waals surface area contributed by atoms with E-state index in [2.05, 4.69) is 5.32 Å². The van der Waals surface area contributed by atoms with Gasteiger partial charge in [-0.3, -0.25) is 9.59 Å². The van der Waals surface area contributed by atoms with Gasteiger partial charge in [-0.2, -0.15) is 0 Å². The van der Waals surface area contributed by atoms with Crippen LogP contribution in [-0.2, 0) is 14.4 Å². The number of Topliss-reactive ketones (excluding diaryl/α,β-unsaturated/α-hetero) is 1. The Morgan fingerprint density at radius 3 is 2.29 bits per heavy atom. The van der Waals surface area contributed by atoms with E-state index in [0.29, 0.717) is 6.54 Å². The SMILES string of the molecule is CCCCCN/C=C(\C(=O)O)C(=O)CC(=O)O. The highest BCUT2D eigenvalue weighted by Gasteiger charge is 2.19. The predicted molar refractivity (Wildman–Crippen MR) is 60.5 cm³/mol. The van der Waals surface area contributed by atoms with E-state index in [4.69, 9.17) is 10.2 Å². The standard InChI is InChI=1S/C11H17NO5/c1-2-3-4-5-12-7-8(11(16)17)9(13)6-10(14)15/h7,12H,2-6H2,1H3,(H,14,15)(H,16,17)/b8-7-. The smallest absolute Gasteiger partial charge is 0.340 e. The van der Waals surface area contributed by atoms with Crippen molar-refractivity contribution in [1.82, 2.24) is 5.32 Å². The van der Waals surface area contributed by atoms with E-state index in [1.807, 2.05) is 6.92 Å². The number of ketones is 1. The Morgan fingerprint density at radius 2 is 1.82 bits per heavy atom. The molecule has 0 aliphatic heterocycles. The van der Waals surface area contributed by atoms with Crippen molar-refractivity contribution in [3.8, 4) is 0 Å². The lowest BCUT2D eigenvalue weighted by Gasteiger charge is -2.02. The second kappa shape index (κ2) is 8.32. The van der Waals surface area contributed by atoms with Gasteiger partial charge < -0.3 is 15.5 Å². The highest BCUT2D eigenvalue weighted by Crippen LogP contribution is 2.00. The zero-order valence-electron chi connectivity index (χ0n) is 9.73. The quantitative estimate of drug-likeness (QED) is 0.239. The number of aliphatic carboxylic acids is 2. The maximum Gasteiger partial charge on any atom is 0.340 e. The minimum Gasteiger partial charge on any atom is -0.481 e. The lowest BCUT2D eigenvalue weighted by atomic mass is 10.1. The first kappa shape index (κ1) is 15.2. The minimum absolute atomic E-state index is 0.524. The summed E-state index contributed by atoms with van der Waals surface area (Å²) in [6, 6.07) is 0. The fourth-order valence-electron chi connectivity index (χ4n) is 1.15. The number of carboxylic acids is 2. The van der Waals surface area contributed by atoms with Crippen LogP contribution in [0.1, 0.15) is 32.6 Å². The van der Waals surface area contributed by atoms with E-state index in [0.717, 1.165) is 25.5 Å². The molecule has 0 aliphatic rings. The first-order chi connectivity index (χ1) is 7.99. The van der Waals surface area contributed by atoms with Crippen LogP contribution in [0.2, 0.25) is 0 Å². The van der Waals surface area contributed by atoms with Crippen LogP contribution < -0.4 is 5.32 Å². The average molecular weight is 243 g/mol. The molecule has 0 aromatic rings. The number of carboxylic acid groups (broad SMARTS) is 2. The number of hydrogen-bond acceptors (Lipinski definition) is 4. The molecule has 96 valence electrons. The summed E-state index contributed by atoms with van der Waals surface area (Å²) in [6.45, 7) is 2.60. The van der Waals surface area contributed by atoms with Crippen molar-refractivity contribution < 1.29 is 24.6 Å². The number of carbonyl (C=O) groups is 3. The summed E-state index contributed by atoms with van der Waals surface area (Å²) in [5.74, 6) is -3.67. The van der Waals surface area contributed by atoms with Gasteiger partial charge in [-0.25, -0.2) is 4.79 Å². The summed E-state index contributed by atoms with van der Waals surface area (Å²) in [6.07, 6.45) is 3.17. The molecule has 0 aromatic heterocycles. The van der Waals surface area contributed by atoms with Gasteiger partial charge in [0.05, 0.1) is 0 Å². The van der Waals surface area contributed by atoms with E-state index >= 15 is 0 Å². The van der Waals surface area contributed by atoms with Gasteiger partial charge in [0, 0.05) is 12.7 Å². The number of hydrogen-bond donors (Lipinski definition) is 3. The van der Waals surface area contributed by atoms with Crippen molar-refractivity contribution in [2.75, 3.05) is 6.54 Å². The van der Waals surface area contributed by atoms with Crippen molar-refractivity contribution in [2.24, 2.45) is 0 Å². The molecule has 0 aromatic carbocycles. The fraction of sp³-hybridized carbons (Fsp3) is 0.545. The largest absolute Gasteiger partial charge is 0.481 e. The molecule has 0 saturated heterocycles. The molecule has 6 heteroatoms. The molecule has 17 heavy (non-hydrogen) atoms. The third kappa shape index (κ3) is 7.10. The molecule has 0 radical (unpaired) electrons. The Kier molecular flexibility index (Phi) is 7.41. The highest BCUT2D eigenvalue weighted by atomic mass is 16.4. The van der Waals surface area contributed by atoms with Crippen LogP contribution in [0, 0.1) is 0 Å². The molecule has 0 fully saturated rings. The third-order valence-corrected chi connectivity index (χ3v) is 2.01. The van der Waals surface area contributed by atoms with Crippen molar-refractivity contribution in [3.63, 3.8) is 0 Å². The molecule has 0 aliphatic carbocycles. The van der Waals surface area contributed by atoms with Gasteiger partial charge in [-0.15, -0.1) is 0 Å². The van der Waals surface area contributed by atoms with Crippen LogP contribution in [0.25, 0.3) is 0 Å². The van der Waals surface area contributed by atoms with Gasteiger partial charge in [0.25, 0.3) is 0 Å². The second-order valence-corrected chi connectivity index (χ2v) is 3.52.